The largest absolute Gasteiger partial charge is 0.495 e. The maximum Gasteiger partial charge on any atom is 0.227 e. The second-order valence-electron chi connectivity index (χ2n) is 6.34. The van der Waals surface area contributed by atoms with E-state index in [1.807, 2.05) is 17.0 Å². The summed E-state index contributed by atoms with van der Waals surface area (Å²) >= 11 is 5.74. The lowest BCUT2D eigenvalue weighted by atomic mass is 9.79. The van der Waals surface area contributed by atoms with Crippen LogP contribution in [0.4, 0.5) is 5.69 Å². The molecule has 1 aromatic rings. The fourth-order valence-corrected chi connectivity index (χ4v) is 3.52. The molecule has 0 N–H and O–H groups in total. The summed E-state index contributed by atoms with van der Waals surface area (Å²) in [5.74, 6) is 1.81. The van der Waals surface area contributed by atoms with Gasteiger partial charge in [0, 0.05) is 17.8 Å². The molecule has 21 heavy (non-hydrogen) atoms. The van der Waals surface area contributed by atoms with Gasteiger partial charge in [-0.05, 0) is 44.2 Å². The molecule has 1 aromatic carbocycles. The van der Waals surface area contributed by atoms with Crippen molar-refractivity contribution in [1.82, 2.24) is 0 Å². The zero-order chi connectivity index (χ0) is 15.6. The van der Waals surface area contributed by atoms with Crippen LogP contribution in [0.3, 0.4) is 0 Å². The molecule has 116 valence electrons. The molecule has 1 aliphatic rings. The van der Waals surface area contributed by atoms with E-state index in [2.05, 4.69) is 26.8 Å². The zero-order valence-corrected chi connectivity index (χ0v) is 14.0. The monoisotopic (exact) mass is 309 g/mol. The van der Waals surface area contributed by atoms with Crippen molar-refractivity contribution in [3.8, 4) is 5.75 Å². The van der Waals surface area contributed by atoms with Crippen molar-refractivity contribution in [2.24, 2.45) is 0 Å². The first-order valence-electron chi connectivity index (χ1n) is 7.48. The van der Waals surface area contributed by atoms with Crippen LogP contribution < -0.4 is 9.64 Å². The average Bonchev–Trinajstić information content (AvgIpc) is 2.43. The van der Waals surface area contributed by atoms with Crippen LogP contribution in [0.2, 0.25) is 0 Å². The lowest BCUT2D eigenvalue weighted by Gasteiger charge is -2.46. The van der Waals surface area contributed by atoms with Crippen molar-refractivity contribution in [3.05, 3.63) is 23.8 Å². The third-order valence-corrected chi connectivity index (χ3v) is 4.46. The third kappa shape index (κ3) is 3.03. The van der Waals surface area contributed by atoms with Crippen molar-refractivity contribution >= 4 is 23.2 Å². The molecule has 0 radical (unpaired) electrons. The van der Waals surface area contributed by atoms with Crippen LogP contribution in [0.25, 0.3) is 0 Å². The summed E-state index contributed by atoms with van der Waals surface area (Å²) in [5.41, 5.74) is 1.90. The number of anilines is 1. The molecule has 0 aliphatic carbocycles. The number of fused-ring (bicyclic) bond motifs is 1. The van der Waals surface area contributed by atoms with Crippen molar-refractivity contribution in [3.63, 3.8) is 0 Å². The first kappa shape index (κ1) is 16.2. The number of methoxy groups -OCH3 is 1. The molecule has 1 atom stereocenters. The Morgan fingerprint density at radius 3 is 2.81 bits per heavy atom. The van der Waals surface area contributed by atoms with E-state index in [0.717, 1.165) is 17.9 Å². The number of hydrogen-bond donors (Lipinski definition) is 0. The number of ether oxygens (including phenoxy) is 1. The van der Waals surface area contributed by atoms with E-state index < -0.39 is 0 Å². The summed E-state index contributed by atoms with van der Waals surface area (Å²) in [6, 6.07) is 6.02. The summed E-state index contributed by atoms with van der Waals surface area (Å²) in [4.78, 5) is 14.6. The fourth-order valence-electron chi connectivity index (χ4n) is 3.39. The van der Waals surface area contributed by atoms with Crippen LogP contribution in [0.5, 0.6) is 5.75 Å². The summed E-state index contributed by atoms with van der Waals surface area (Å²) in [5, 5.41) is 0. The molecule has 2 rings (SSSR count). The quantitative estimate of drug-likeness (QED) is 0.775. The number of carbonyl (C=O) groups is 1. The molecule has 0 bridgehead atoms. The second kappa shape index (κ2) is 6.27. The second-order valence-corrected chi connectivity index (χ2v) is 6.72. The molecule has 0 saturated heterocycles. The number of halogens is 1. The molecule has 0 saturated carbocycles. The van der Waals surface area contributed by atoms with Crippen molar-refractivity contribution in [1.29, 1.82) is 0 Å². The van der Waals surface area contributed by atoms with Gasteiger partial charge in [-0.25, -0.2) is 0 Å². The van der Waals surface area contributed by atoms with Crippen LogP contribution >= 0.6 is 11.6 Å². The Labute approximate surface area is 132 Å². The Kier molecular flexibility index (Phi) is 4.82. The highest BCUT2D eigenvalue weighted by Crippen LogP contribution is 2.47. The van der Waals surface area contributed by atoms with Crippen LogP contribution in [0.1, 0.15) is 51.5 Å². The molecule has 3 nitrogen and oxygen atoms in total. The molecule has 0 unspecified atom stereocenters. The smallest absolute Gasteiger partial charge is 0.227 e. The molecular formula is C17H24ClNO2. The predicted octanol–water partition coefficient (Wildman–Crippen LogP) is 4.33. The van der Waals surface area contributed by atoms with Gasteiger partial charge in [0.2, 0.25) is 5.91 Å². The number of amides is 1. The van der Waals surface area contributed by atoms with Gasteiger partial charge >= 0.3 is 0 Å². The predicted molar refractivity (Wildman–Crippen MR) is 87.5 cm³/mol. The van der Waals surface area contributed by atoms with Gasteiger partial charge < -0.3 is 9.64 Å². The average molecular weight is 310 g/mol. The van der Waals surface area contributed by atoms with E-state index in [0.29, 0.717) is 24.6 Å². The Hall–Kier alpha value is -1.22. The molecule has 0 aromatic heterocycles. The topological polar surface area (TPSA) is 29.5 Å². The number of rotatable bonds is 4. The van der Waals surface area contributed by atoms with E-state index in [-0.39, 0.29) is 11.4 Å². The van der Waals surface area contributed by atoms with Crippen molar-refractivity contribution < 1.29 is 9.53 Å². The Bertz CT molecular complexity index is 528. The lowest BCUT2D eigenvalue weighted by Crippen LogP contribution is -2.51. The molecule has 0 spiro atoms. The summed E-state index contributed by atoms with van der Waals surface area (Å²) in [6.07, 6.45) is 2.12. The van der Waals surface area contributed by atoms with Crippen LogP contribution in [-0.4, -0.2) is 24.4 Å². The van der Waals surface area contributed by atoms with Gasteiger partial charge in [0.05, 0.1) is 12.8 Å². The van der Waals surface area contributed by atoms with Crippen LogP contribution in [0, 0.1) is 0 Å². The summed E-state index contributed by atoms with van der Waals surface area (Å²) < 4.78 is 5.52. The number of alkyl halides is 1. The van der Waals surface area contributed by atoms with Gasteiger partial charge in [0.25, 0.3) is 0 Å². The van der Waals surface area contributed by atoms with Gasteiger partial charge in [-0.2, -0.15) is 0 Å². The van der Waals surface area contributed by atoms with Crippen LogP contribution in [0.15, 0.2) is 18.2 Å². The van der Waals surface area contributed by atoms with Gasteiger partial charge in [-0.3, -0.25) is 4.79 Å². The normalized spacial score (nSPS) is 20.0. The van der Waals surface area contributed by atoms with Crippen molar-refractivity contribution in [2.45, 2.75) is 51.5 Å². The third-order valence-electron chi connectivity index (χ3n) is 4.19. The maximum atomic E-state index is 12.7. The summed E-state index contributed by atoms with van der Waals surface area (Å²) in [7, 11) is 1.66. The number of nitrogens with zero attached hydrogens (tertiary/aromatic N) is 1. The first-order valence-corrected chi connectivity index (χ1v) is 8.01. The zero-order valence-electron chi connectivity index (χ0n) is 13.3. The lowest BCUT2D eigenvalue weighted by molar-refractivity contribution is -0.119. The Morgan fingerprint density at radius 1 is 1.48 bits per heavy atom. The molecular weight excluding hydrogens is 286 g/mol. The SMILES string of the molecule is COc1cccc2c1N(C(=O)CCCCl)C(C)(C)C[C@@H]2C. The highest BCUT2D eigenvalue weighted by molar-refractivity contribution is 6.18. The van der Waals surface area contributed by atoms with Gasteiger partial charge in [0.1, 0.15) is 5.75 Å². The standard InChI is InChI=1S/C17H24ClNO2/c1-12-11-17(2,3)19(15(20)9-6-10-18)16-13(12)7-5-8-14(16)21-4/h5,7-8,12H,6,9-11H2,1-4H3/t12-/m0/s1. The minimum Gasteiger partial charge on any atom is -0.495 e. The van der Waals surface area contributed by atoms with E-state index in [4.69, 9.17) is 16.3 Å². The number of hydrogen-bond acceptors (Lipinski definition) is 2. The Morgan fingerprint density at radius 2 is 2.19 bits per heavy atom. The molecule has 4 heteroatoms. The number of benzene rings is 1. The fraction of sp³-hybridized carbons (Fsp3) is 0.588. The van der Waals surface area contributed by atoms with Gasteiger partial charge in [0.15, 0.2) is 0 Å². The van der Waals surface area contributed by atoms with E-state index >= 15 is 0 Å². The first-order chi connectivity index (χ1) is 9.92. The number of para-hydroxylation sites is 1. The molecule has 0 fully saturated rings. The van der Waals surface area contributed by atoms with E-state index in [1.54, 1.807) is 7.11 Å². The molecule has 1 heterocycles. The minimum atomic E-state index is -0.218. The minimum absolute atomic E-state index is 0.123. The summed E-state index contributed by atoms with van der Waals surface area (Å²) in [6.45, 7) is 6.45. The molecule has 1 amide bonds. The highest BCUT2D eigenvalue weighted by atomic mass is 35.5. The Balaban J connectivity index is 2.52. The van der Waals surface area contributed by atoms with Gasteiger partial charge in [-0.15, -0.1) is 11.6 Å². The van der Waals surface area contributed by atoms with Crippen molar-refractivity contribution in [2.75, 3.05) is 17.9 Å². The van der Waals surface area contributed by atoms with E-state index in [9.17, 15) is 4.79 Å². The highest BCUT2D eigenvalue weighted by Gasteiger charge is 2.41. The number of carbonyl (C=O) groups excluding carboxylic acids is 1. The van der Waals surface area contributed by atoms with Gasteiger partial charge in [-0.1, -0.05) is 19.1 Å². The molecule has 1 aliphatic heterocycles. The van der Waals surface area contributed by atoms with E-state index in [1.165, 1.54) is 5.56 Å². The van der Waals surface area contributed by atoms with Crippen LogP contribution in [-0.2, 0) is 4.79 Å². The maximum absolute atomic E-state index is 12.7.